The standard InChI is InChI=1S/C8H16O4/c1-3-5-7(10)8(11)6(9)4(2)12-5/h4-11H,3H2,1-2H3. The van der Waals surface area contributed by atoms with Crippen LogP contribution in [0.5, 0.6) is 0 Å². The van der Waals surface area contributed by atoms with Gasteiger partial charge < -0.3 is 20.1 Å². The second-order valence-electron chi connectivity index (χ2n) is 3.26. The molecular formula is C8H16O4. The van der Waals surface area contributed by atoms with E-state index in [1.165, 1.54) is 0 Å². The summed E-state index contributed by atoms with van der Waals surface area (Å²) in [5.74, 6) is 0. The van der Waals surface area contributed by atoms with E-state index in [9.17, 15) is 15.3 Å². The van der Waals surface area contributed by atoms with E-state index in [-0.39, 0.29) is 6.10 Å². The molecule has 3 N–H and O–H groups in total. The SMILES string of the molecule is CCC1OC(C)C(O)C(O)C1O. The molecule has 12 heavy (non-hydrogen) atoms. The van der Waals surface area contributed by atoms with Crippen LogP contribution in [0.15, 0.2) is 0 Å². The van der Waals surface area contributed by atoms with Gasteiger partial charge in [0.05, 0.1) is 12.2 Å². The molecule has 0 bridgehead atoms. The van der Waals surface area contributed by atoms with E-state index in [0.717, 1.165) is 0 Å². The molecule has 1 fully saturated rings. The maximum absolute atomic E-state index is 9.39. The summed E-state index contributed by atoms with van der Waals surface area (Å²) in [5, 5.41) is 28.0. The summed E-state index contributed by atoms with van der Waals surface area (Å²) in [6.07, 6.45) is -3.18. The normalized spacial score (nSPS) is 49.2. The van der Waals surface area contributed by atoms with Crippen LogP contribution in [0.4, 0.5) is 0 Å². The van der Waals surface area contributed by atoms with Crippen molar-refractivity contribution in [2.75, 3.05) is 0 Å². The van der Waals surface area contributed by atoms with Gasteiger partial charge in [0.2, 0.25) is 0 Å². The van der Waals surface area contributed by atoms with Crippen molar-refractivity contribution >= 4 is 0 Å². The highest BCUT2D eigenvalue weighted by Crippen LogP contribution is 2.22. The van der Waals surface area contributed by atoms with Crippen molar-refractivity contribution in [2.24, 2.45) is 0 Å². The summed E-state index contributed by atoms with van der Waals surface area (Å²) >= 11 is 0. The number of aliphatic hydroxyl groups is 3. The van der Waals surface area contributed by atoms with Crippen LogP contribution < -0.4 is 0 Å². The Morgan fingerprint density at radius 3 is 2.17 bits per heavy atom. The van der Waals surface area contributed by atoms with E-state index < -0.39 is 24.4 Å². The highest BCUT2D eigenvalue weighted by Gasteiger charge is 2.40. The van der Waals surface area contributed by atoms with Gasteiger partial charge in [-0.25, -0.2) is 0 Å². The van der Waals surface area contributed by atoms with Crippen molar-refractivity contribution < 1.29 is 20.1 Å². The second kappa shape index (κ2) is 3.70. The molecule has 1 saturated heterocycles. The van der Waals surface area contributed by atoms with E-state index >= 15 is 0 Å². The minimum Gasteiger partial charge on any atom is -0.388 e. The molecule has 0 radical (unpaired) electrons. The molecule has 0 saturated carbocycles. The summed E-state index contributed by atoms with van der Waals surface area (Å²) in [5.41, 5.74) is 0. The maximum atomic E-state index is 9.39. The summed E-state index contributed by atoms with van der Waals surface area (Å²) in [7, 11) is 0. The average molecular weight is 176 g/mol. The van der Waals surface area contributed by atoms with Crippen molar-refractivity contribution in [2.45, 2.75) is 50.8 Å². The molecule has 1 rings (SSSR count). The van der Waals surface area contributed by atoms with Crippen LogP contribution in [0.25, 0.3) is 0 Å². The largest absolute Gasteiger partial charge is 0.388 e. The lowest BCUT2D eigenvalue weighted by Crippen LogP contribution is -2.56. The van der Waals surface area contributed by atoms with Crippen molar-refractivity contribution in [1.29, 1.82) is 0 Å². The van der Waals surface area contributed by atoms with Crippen LogP contribution in [0.3, 0.4) is 0 Å². The Balaban J connectivity index is 2.63. The zero-order chi connectivity index (χ0) is 9.30. The van der Waals surface area contributed by atoms with Gasteiger partial charge in [0, 0.05) is 0 Å². The van der Waals surface area contributed by atoms with E-state index in [1.54, 1.807) is 6.92 Å². The Morgan fingerprint density at radius 1 is 1.08 bits per heavy atom. The van der Waals surface area contributed by atoms with Crippen molar-refractivity contribution in [3.8, 4) is 0 Å². The van der Waals surface area contributed by atoms with Gasteiger partial charge in [-0.2, -0.15) is 0 Å². The molecule has 72 valence electrons. The molecule has 5 atom stereocenters. The fourth-order valence-corrected chi connectivity index (χ4v) is 1.47. The Hall–Kier alpha value is -0.160. The smallest absolute Gasteiger partial charge is 0.111 e. The first-order valence-corrected chi connectivity index (χ1v) is 4.27. The van der Waals surface area contributed by atoms with E-state index in [1.807, 2.05) is 6.92 Å². The summed E-state index contributed by atoms with van der Waals surface area (Å²) < 4.78 is 5.27. The maximum Gasteiger partial charge on any atom is 0.111 e. The van der Waals surface area contributed by atoms with Gasteiger partial charge in [-0.15, -0.1) is 0 Å². The predicted molar refractivity (Wildman–Crippen MR) is 42.6 cm³/mol. The summed E-state index contributed by atoms with van der Waals surface area (Å²) in [6, 6.07) is 0. The third-order valence-corrected chi connectivity index (χ3v) is 2.35. The lowest BCUT2D eigenvalue weighted by Gasteiger charge is -2.39. The third-order valence-electron chi connectivity index (χ3n) is 2.35. The van der Waals surface area contributed by atoms with Crippen LogP contribution in [-0.2, 0) is 4.74 Å². The molecule has 0 spiro atoms. The van der Waals surface area contributed by atoms with E-state index in [0.29, 0.717) is 6.42 Å². The van der Waals surface area contributed by atoms with Crippen LogP contribution in [0.2, 0.25) is 0 Å². The first kappa shape index (κ1) is 9.92. The number of aliphatic hydroxyl groups excluding tert-OH is 3. The van der Waals surface area contributed by atoms with Crippen LogP contribution >= 0.6 is 0 Å². The molecule has 4 heteroatoms. The van der Waals surface area contributed by atoms with Crippen molar-refractivity contribution in [1.82, 2.24) is 0 Å². The van der Waals surface area contributed by atoms with Crippen LogP contribution in [0, 0.1) is 0 Å². The molecule has 0 aromatic rings. The minimum absolute atomic E-state index is 0.363. The van der Waals surface area contributed by atoms with Gasteiger partial charge in [-0.3, -0.25) is 0 Å². The second-order valence-corrected chi connectivity index (χ2v) is 3.26. The number of hydrogen-bond acceptors (Lipinski definition) is 4. The molecule has 5 unspecified atom stereocenters. The highest BCUT2D eigenvalue weighted by molar-refractivity contribution is 4.89. The number of hydrogen-bond donors (Lipinski definition) is 3. The predicted octanol–water partition coefficient (Wildman–Crippen LogP) is -0.734. The first-order chi connectivity index (χ1) is 5.57. The van der Waals surface area contributed by atoms with E-state index in [2.05, 4.69) is 0 Å². The summed E-state index contributed by atoms with van der Waals surface area (Å²) in [4.78, 5) is 0. The third kappa shape index (κ3) is 1.61. The molecule has 1 aliphatic rings. The minimum atomic E-state index is -1.08. The monoisotopic (exact) mass is 176 g/mol. The van der Waals surface area contributed by atoms with Gasteiger partial charge in [0.1, 0.15) is 18.3 Å². The Labute approximate surface area is 71.8 Å². The Morgan fingerprint density at radius 2 is 1.67 bits per heavy atom. The van der Waals surface area contributed by atoms with Crippen molar-refractivity contribution in [3.63, 3.8) is 0 Å². The van der Waals surface area contributed by atoms with Gasteiger partial charge in [0.25, 0.3) is 0 Å². The number of ether oxygens (including phenoxy) is 1. The van der Waals surface area contributed by atoms with Gasteiger partial charge >= 0.3 is 0 Å². The quantitative estimate of drug-likeness (QED) is 0.492. The van der Waals surface area contributed by atoms with Gasteiger partial charge in [-0.05, 0) is 13.3 Å². The van der Waals surface area contributed by atoms with Crippen molar-refractivity contribution in [3.05, 3.63) is 0 Å². The Bertz CT molecular complexity index is 145. The van der Waals surface area contributed by atoms with Crippen LogP contribution in [0.1, 0.15) is 20.3 Å². The topological polar surface area (TPSA) is 69.9 Å². The van der Waals surface area contributed by atoms with E-state index in [4.69, 9.17) is 4.74 Å². The van der Waals surface area contributed by atoms with Crippen LogP contribution in [-0.4, -0.2) is 45.8 Å². The van der Waals surface area contributed by atoms with Gasteiger partial charge in [0.15, 0.2) is 0 Å². The van der Waals surface area contributed by atoms with Gasteiger partial charge in [-0.1, -0.05) is 6.92 Å². The molecular weight excluding hydrogens is 160 g/mol. The first-order valence-electron chi connectivity index (χ1n) is 4.27. The molecule has 0 aliphatic carbocycles. The lowest BCUT2D eigenvalue weighted by atomic mass is 9.94. The molecule has 0 aromatic carbocycles. The molecule has 1 heterocycles. The molecule has 0 aromatic heterocycles. The molecule has 0 amide bonds. The average Bonchev–Trinajstić information content (AvgIpc) is 2.08. The fraction of sp³-hybridized carbons (Fsp3) is 1.00. The summed E-state index contributed by atoms with van der Waals surface area (Å²) in [6.45, 7) is 3.55. The lowest BCUT2D eigenvalue weighted by molar-refractivity contribution is -0.217. The number of rotatable bonds is 1. The molecule has 4 nitrogen and oxygen atoms in total. The highest BCUT2D eigenvalue weighted by atomic mass is 16.5. The zero-order valence-corrected chi connectivity index (χ0v) is 7.34. The Kier molecular flexibility index (Phi) is 3.06. The molecule has 1 aliphatic heterocycles. The fourth-order valence-electron chi connectivity index (χ4n) is 1.47. The zero-order valence-electron chi connectivity index (χ0n) is 7.34.